The molecular weight excluding hydrogens is 292 g/mol. The van der Waals surface area contributed by atoms with Crippen molar-refractivity contribution in [2.24, 2.45) is 0 Å². The highest BCUT2D eigenvalue weighted by Gasteiger charge is 2.18. The summed E-state index contributed by atoms with van der Waals surface area (Å²) < 4.78 is 28.6. The number of aromatic nitrogens is 2. The Morgan fingerprint density at radius 3 is 2.95 bits per heavy atom. The van der Waals surface area contributed by atoms with Crippen LogP contribution in [0, 0.1) is 6.92 Å². The third-order valence-electron chi connectivity index (χ3n) is 2.17. The van der Waals surface area contributed by atoms with E-state index in [1.54, 1.807) is 6.92 Å². The molecular formula is C11H9F2N3O3S. The van der Waals surface area contributed by atoms with Crippen molar-refractivity contribution in [2.75, 3.05) is 5.32 Å². The molecule has 2 rings (SSSR count). The molecule has 0 aliphatic carbocycles. The molecule has 0 unspecified atom stereocenters. The molecule has 1 amide bonds. The van der Waals surface area contributed by atoms with Crippen molar-refractivity contribution in [3.8, 4) is 5.75 Å². The van der Waals surface area contributed by atoms with Gasteiger partial charge in [0.25, 0.3) is 5.91 Å². The first-order valence-corrected chi connectivity index (χ1v) is 6.25. The molecule has 2 N–H and O–H groups in total. The quantitative estimate of drug-likeness (QED) is 0.904. The van der Waals surface area contributed by atoms with Crippen LogP contribution in [0.4, 0.5) is 14.6 Å². The van der Waals surface area contributed by atoms with Crippen molar-refractivity contribution < 1.29 is 18.3 Å². The fraction of sp³-hybridized carbons (Fsp3) is 0.182. The van der Waals surface area contributed by atoms with Gasteiger partial charge in [0, 0.05) is 11.8 Å². The summed E-state index contributed by atoms with van der Waals surface area (Å²) in [6.45, 7) is -1.40. The summed E-state index contributed by atoms with van der Waals surface area (Å²) in [4.78, 5) is 29.0. The molecule has 0 saturated heterocycles. The number of anilines is 1. The maximum Gasteiger partial charge on any atom is 0.387 e. The molecule has 0 atom stereocenters. The lowest BCUT2D eigenvalue weighted by Gasteiger charge is -2.06. The van der Waals surface area contributed by atoms with Crippen molar-refractivity contribution in [1.82, 2.24) is 9.97 Å². The van der Waals surface area contributed by atoms with Gasteiger partial charge < -0.3 is 15.0 Å². The first-order chi connectivity index (χ1) is 9.45. The number of hydrogen-bond donors (Lipinski definition) is 2. The molecule has 106 valence electrons. The van der Waals surface area contributed by atoms with E-state index >= 15 is 0 Å². The Morgan fingerprint density at radius 1 is 1.55 bits per heavy atom. The Hall–Kier alpha value is -2.29. The van der Waals surface area contributed by atoms with E-state index in [0.717, 1.165) is 11.3 Å². The number of rotatable bonds is 4. The average Bonchev–Trinajstić information content (AvgIpc) is 2.74. The first-order valence-electron chi connectivity index (χ1n) is 5.37. The summed E-state index contributed by atoms with van der Waals surface area (Å²) in [5.41, 5.74) is -0.105. The van der Waals surface area contributed by atoms with Crippen molar-refractivity contribution in [2.45, 2.75) is 13.5 Å². The summed E-state index contributed by atoms with van der Waals surface area (Å²) in [5.74, 6) is -0.857. The number of H-pyrrole nitrogens is 1. The van der Waals surface area contributed by atoms with E-state index in [0.29, 0.717) is 5.69 Å². The Bertz CT molecular complexity index is 684. The third kappa shape index (κ3) is 3.38. The number of amides is 1. The SMILES string of the molecule is Cc1cc(NC(=O)c2sccc2OC(F)F)nc(=O)[nH]1. The van der Waals surface area contributed by atoms with Crippen LogP contribution in [-0.4, -0.2) is 22.5 Å². The average molecular weight is 301 g/mol. The van der Waals surface area contributed by atoms with Crippen molar-refractivity contribution in [1.29, 1.82) is 0 Å². The van der Waals surface area contributed by atoms with Crippen molar-refractivity contribution >= 4 is 23.1 Å². The molecule has 0 aliphatic rings. The van der Waals surface area contributed by atoms with E-state index in [1.807, 2.05) is 0 Å². The summed E-state index contributed by atoms with van der Waals surface area (Å²) in [6, 6.07) is 2.71. The van der Waals surface area contributed by atoms with Gasteiger partial charge in [0.2, 0.25) is 0 Å². The summed E-state index contributed by atoms with van der Waals surface area (Å²) in [7, 11) is 0. The van der Waals surface area contributed by atoms with Crippen LogP contribution in [0.3, 0.4) is 0 Å². The second-order valence-corrected chi connectivity index (χ2v) is 4.62. The number of ether oxygens (including phenoxy) is 1. The van der Waals surface area contributed by atoms with Gasteiger partial charge in [0.1, 0.15) is 16.4 Å². The van der Waals surface area contributed by atoms with Gasteiger partial charge >= 0.3 is 12.3 Å². The van der Waals surface area contributed by atoms with Crippen LogP contribution >= 0.6 is 11.3 Å². The predicted molar refractivity (Wildman–Crippen MR) is 68.5 cm³/mol. The minimum atomic E-state index is -3.02. The number of carbonyl (C=O) groups excluding carboxylic acids is 1. The lowest BCUT2D eigenvalue weighted by atomic mass is 10.4. The predicted octanol–water partition coefficient (Wildman–Crippen LogP) is 1.99. The molecule has 0 saturated carbocycles. The molecule has 0 bridgehead atoms. The van der Waals surface area contributed by atoms with Gasteiger partial charge in [0.15, 0.2) is 0 Å². The molecule has 0 radical (unpaired) electrons. The highest BCUT2D eigenvalue weighted by atomic mass is 32.1. The number of nitrogens with one attached hydrogen (secondary N) is 2. The van der Waals surface area contributed by atoms with E-state index in [-0.39, 0.29) is 16.4 Å². The number of thiophene rings is 1. The molecule has 0 aliphatic heterocycles. The van der Waals surface area contributed by atoms with Crippen LogP contribution in [0.2, 0.25) is 0 Å². The molecule has 9 heteroatoms. The molecule has 2 aromatic rings. The number of hydrogen-bond acceptors (Lipinski definition) is 5. The van der Waals surface area contributed by atoms with Crippen LogP contribution in [-0.2, 0) is 0 Å². The zero-order chi connectivity index (χ0) is 14.7. The summed E-state index contributed by atoms with van der Waals surface area (Å²) in [5, 5.41) is 3.80. The first kappa shape index (κ1) is 14.1. The number of halogens is 2. The fourth-order valence-electron chi connectivity index (χ4n) is 1.47. The summed E-state index contributed by atoms with van der Waals surface area (Å²) >= 11 is 0.943. The molecule has 2 aromatic heterocycles. The lowest BCUT2D eigenvalue weighted by molar-refractivity contribution is -0.0498. The second-order valence-electron chi connectivity index (χ2n) is 3.70. The molecule has 0 fully saturated rings. The van der Waals surface area contributed by atoms with E-state index in [4.69, 9.17) is 0 Å². The van der Waals surface area contributed by atoms with E-state index in [2.05, 4.69) is 20.0 Å². The van der Waals surface area contributed by atoms with E-state index in [9.17, 15) is 18.4 Å². The van der Waals surface area contributed by atoms with Gasteiger partial charge in [-0.3, -0.25) is 4.79 Å². The second kappa shape index (κ2) is 5.78. The van der Waals surface area contributed by atoms with Gasteiger partial charge in [-0.2, -0.15) is 13.8 Å². The van der Waals surface area contributed by atoms with Crippen molar-refractivity contribution in [3.05, 3.63) is 38.6 Å². The highest BCUT2D eigenvalue weighted by molar-refractivity contribution is 7.12. The maximum absolute atomic E-state index is 12.2. The molecule has 0 aromatic carbocycles. The Kier molecular flexibility index (Phi) is 4.08. The normalized spacial score (nSPS) is 10.6. The fourth-order valence-corrected chi connectivity index (χ4v) is 2.19. The van der Waals surface area contributed by atoms with Crippen LogP contribution < -0.4 is 15.7 Å². The minimum Gasteiger partial charge on any atom is -0.433 e. The van der Waals surface area contributed by atoms with Gasteiger partial charge in [-0.1, -0.05) is 0 Å². The monoisotopic (exact) mass is 301 g/mol. The molecule has 20 heavy (non-hydrogen) atoms. The summed E-state index contributed by atoms with van der Waals surface area (Å²) in [6.07, 6.45) is 0. The maximum atomic E-state index is 12.2. The number of nitrogens with zero attached hydrogens (tertiary/aromatic N) is 1. The number of aryl methyl sites for hydroxylation is 1. The number of alkyl halides is 2. The Morgan fingerprint density at radius 2 is 2.30 bits per heavy atom. The molecule has 0 spiro atoms. The highest BCUT2D eigenvalue weighted by Crippen LogP contribution is 2.27. The molecule has 2 heterocycles. The van der Waals surface area contributed by atoms with Crippen LogP contribution in [0.5, 0.6) is 5.75 Å². The molecule has 6 nitrogen and oxygen atoms in total. The zero-order valence-electron chi connectivity index (χ0n) is 10.1. The van der Waals surface area contributed by atoms with Crippen LogP contribution in [0.1, 0.15) is 15.4 Å². The smallest absolute Gasteiger partial charge is 0.387 e. The van der Waals surface area contributed by atoms with Crippen LogP contribution in [0.25, 0.3) is 0 Å². The topological polar surface area (TPSA) is 84.1 Å². The van der Waals surface area contributed by atoms with Gasteiger partial charge in [-0.25, -0.2) is 4.79 Å². The van der Waals surface area contributed by atoms with Crippen molar-refractivity contribution in [3.63, 3.8) is 0 Å². The number of carbonyl (C=O) groups is 1. The van der Waals surface area contributed by atoms with Gasteiger partial charge in [-0.15, -0.1) is 11.3 Å². The lowest BCUT2D eigenvalue weighted by Crippen LogP contribution is -2.19. The van der Waals surface area contributed by atoms with Crippen LogP contribution in [0.15, 0.2) is 22.3 Å². The Balaban J connectivity index is 2.20. The largest absolute Gasteiger partial charge is 0.433 e. The van der Waals surface area contributed by atoms with Gasteiger partial charge in [-0.05, 0) is 18.4 Å². The zero-order valence-corrected chi connectivity index (χ0v) is 11.0. The van der Waals surface area contributed by atoms with E-state index < -0.39 is 18.2 Å². The number of aromatic amines is 1. The third-order valence-corrected chi connectivity index (χ3v) is 3.07. The minimum absolute atomic E-state index is 0.0231. The Labute approximate surface area is 115 Å². The van der Waals surface area contributed by atoms with Gasteiger partial charge in [0.05, 0.1) is 0 Å². The standard InChI is InChI=1S/C11H9F2N3O3S/c1-5-4-7(16-11(18)14-5)15-9(17)8-6(2-3-20-8)19-10(12)13/h2-4,10H,1H3,(H2,14,15,16,17,18). The van der Waals surface area contributed by atoms with E-state index in [1.165, 1.54) is 17.5 Å².